The number of carbonyl (C=O) groups excluding carboxylic acids is 2. The van der Waals surface area contributed by atoms with Gasteiger partial charge in [-0.25, -0.2) is 4.68 Å². The van der Waals surface area contributed by atoms with Crippen molar-refractivity contribution in [3.8, 4) is 0 Å². The maximum absolute atomic E-state index is 13.9. The fourth-order valence-corrected chi connectivity index (χ4v) is 4.70. The number of nitrogens with zero attached hydrogens (tertiary/aromatic N) is 4. The fourth-order valence-electron chi connectivity index (χ4n) is 3.99. The zero-order valence-corrected chi connectivity index (χ0v) is 21.4. The van der Waals surface area contributed by atoms with Crippen LogP contribution in [0.15, 0.2) is 66.0 Å². The van der Waals surface area contributed by atoms with Gasteiger partial charge in [0.05, 0.1) is 12.1 Å². The van der Waals surface area contributed by atoms with E-state index in [4.69, 9.17) is 0 Å². The molecule has 0 aliphatic rings. The number of hydrogen-bond acceptors (Lipinski definition) is 5. The van der Waals surface area contributed by atoms with Gasteiger partial charge < -0.3 is 10.2 Å². The number of amides is 2. The average molecular weight is 490 g/mol. The number of hydrogen-bond donors (Lipinski definition) is 1. The number of benzene rings is 2. The molecule has 0 saturated carbocycles. The lowest BCUT2D eigenvalue weighted by Gasteiger charge is -2.33. The van der Waals surface area contributed by atoms with Gasteiger partial charge in [-0.05, 0) is 61.9 Å². The van der Waals surface area contributed by atoms with Crippen molar-refractivity contribution >= 4 is 34.2 Å². The molecule has 0 radical (unpaired) electrons. The predicted molar refractivity (Wildman–Crippen MR) is 139 cm³/mol. The molecule has 35 heavy (non-hydrogen) atoms. The molecule has 1 atom stereocenters. The summed E-state index contributed by atoms with van der Waals surface area (Å²) >= 11 is 1.56. The van der Waals surface area contributed by atoms with E-state index in [-0.39, 0.29) is 18.4 Å². The summed E-state index contributed by atoms with van der Waals surface area (Å²) in [6.07, 6.45) is 0.899. The van der Waals surface area contributed by atoms with Crippen LogP contribution in [0.3, 0.4) is 0 Å². The van der Waals surface area contributed by atoms with Gasteiger partial charge >= 0.3 is 0 Å². The van der Waals surface area contributed by atoms with Gasteiger partial charge in [-0.3, -0.25) is 9.59 Å². The van der Waals surface area contributed by atoms with Crippen LogP contribution in [0.1, 0.15) is 49.7 Å². The second-order valence-corrected chi connectivity index (χ2v) is 10.6. The van der Waals surface area contributed by atoms with E-state index in [1.54, 1.807) is 20.9 Å². The quantitative estimate of drug-likeness (QED) is 0.388. The van der Waals surface area contributed by atoms with Gasteiger partial charge in [-0.15, -0.1) is 16.4 Å². The first-order valence-electron chi connectivity index (χ1n) is 11.8. The van der Waals surface area contributed by atoms with Gasteiger partial charge in [0, 0.05) is 10.4 Å². The Labute approximate surface area is 209 Å². The van der Waals surface area contributed by atoms with E-state index in [2.05, 4.69) is 22.6 Å². The minimum absolute atomic E-state index is 0.0156. The number of fused-ring (bicyclic) bond motifs is 1. The first-order chi connectivity index (χ1) is 16.7. The Balaban J connectivity index is 1.74. The molecule has 8 heteroatoms. The van der Waals surface area contributed by atoms with Crippen LogP contribution in [0.2, 0.25) is 0 Å². The highest BCUT2D eigenvalue weighted by Gasteiger charge is 2.34. The van der Waals surface area contributed by atoms with E-state index >= 15 is 0 Å². The van der Waals surface area contributed by atoms with Crippen molar-refractivity contribution in [2.24, 2.45) is 0 Å². The van der Waals surface area contributed by atoms with Crippen LogP contribution in [-0.4, -0.2) is 37.2 Å². The third kappa shape index (κ3) is 5.95. The zero-order valence-electron chi connectivity index (χ0n) is 20.6. The number of rotatable bonds is 8. The standard InChI is InChI=1S/C27H31N5O2S/c1-5-19-12-14-20(15-13-19)25(26(34)28-27(2,3)4)31(17-21-9-8-16-35-21)24(33)18-32-23-11-7-6-10-22(23)29-30-32/h6-16,25H,5,17-18H2,1-4H3,(H,28,34)/t25-/m0/s1. The Kier molecular flexibility index (Phi) is 7.31. The van der Waals surface area contributed by atoms with Gasteiger partial charge in [0.2, 0.25) is 11.8 Å². The van der Waals surface area contributed by atoms with Gasteiger partial charge in [0.15, 0.2) is 0 Å². The normalized spacial score (nSPS) is 12.5. The molecule has 0 spiro atoms. The van der Waals surface area contributed by atoms with E-state index < -0.39 is 11.6 Å². The number of aryl methyl sites for hydroxylation is 1. The summed E-state index contributed by atoms with van der Waals surface area (Å²) in [5, 5.41) is 13.4. The SMILES string of the molecule is CCc1ccc([C@@H](C(=O)NC(C)(C)C)N(Cc2cccs2)C(=O)Cn2nnc3ccccc32)cc1. The van der Waals surface area contributed by atoms with Crippen molar-refractivity contribution < 1.29 is 9.59 Å². The lowest BCUT2D eigenvalue weighted by atomic mass is 9.99. The second kappa shape index (κ2) is 10.4. The van der Waals surface area contributed by atoms with E-state index in [9.17, 15) is 9.59 Å². The molecule has 4 aromatic rings. The Morgan fingerprint density at radius 3 is 2.46 bits per heavy atom. The summed E-state index contributed by atoms with van der Waals surface area (Å²) in [7, 11) is 0. The number of para-hydroxylation sites is 1. The summed E-state index contributed by atoms with van der Waals surface area (Å²) in [6, 6.07) is 18.6. The minimum Gasteiger partial charge on any atom is -0.349 e. The monoisotopic (exact) mass is 489 g/mol. The van der Waals surface area contributed by atoms with Crippen molar-refractivity contribution in [3.05, 3.63) is 82.0 Å². The molecule has 0 fully saturated rings. The van der Waals surface area contributed by atoms with Crippen molar-refractivity contribution in [2.75, 3.05) is 0 Å². The highest BCUT2D eigenvalue weighted by atomic mass is 32.1. The largest absolute Gasteiger partial charge is 0.349 e. The van der Waals surface area contributed by atoms with E-state index in [0.29, 0.717) is 6.54 Å². The second-order valence-electron chi connectivity index (χ2n) is 9.57. The number of aromatic nitrogens is 3. The molecule has 0 bridgehead atoms. The molecule has 0 saturated heterocycles. The highest BCUT2D eigenvalue weighted by molar-refractivity contribution is 7.09. The summed E-state index contributed by atoms with van der Waals surface area (Å²) in [5.74, 6) is -0.419. The zero-order chi connectivity index (χ0) is 25.0. The maximum atomic E-state index is 13.9. The van der Waals surface area contributed by atoms with Crippen LogP contribution in [0.25, 0.3) is 11.0 Å². The third-order valence-corrected chi connectivity index (χ3v) is 6.55. The van der Waals surface area contributed by atoms with E-state index in [1.165, 1.54) is 5.56 Å². The lowest BCUT2D eigenvalue weighted by Crippen LogP contribution is -2.49. The molecule has 2 aromatic heterocycles. The Hall–Kier alpha value is -3.52. The van der Waals surface area contributed by atoms with Crippen molar-refractivity contribution in [1.82, 2.24) is 25.2 Å². The predicted octanol–water partition coefficient (Wildman–Crippen LogP) is 4.74. The molecule has 182 valence electrons. The molecule has 0 aliphatic carbocycles. The molecule has 7 nitrogen and oxygen atoms in total. The fraction of sp³-hybridized carbons (Fsp3) is 0.333. The molecule has 2 heterocycles. The summed E-state index contributed by atoms with van der Waals surface area (Å²) in [6.45, 7) is 8.21. The molecule has 1 N–H and O–H groups in total. The van der Waals surface area contributed by atoms with Crippen LogP contribution in [0, 0.1) is 0 Å². The smallest absolute Gasteiger partial charge is 0.247 e. The van der Waals surface area contributed by atoms with E-state index in [1.807, 2.05) is 86.8 Å². The summed E-state index contributed by atoms with van der Waals surface area (Å²) < 4.78 is 1.60. The minimum atomic E-state index is -0.787. The van der Waals surface area contributed by atoms with Crippen LogP contribution in [0.5, 0.6) is 0 Å². The topological polar surface area (TPSA) is 80.1 Å². The molecule has 4 rings (SSSR count). The van der Waals surface area contributed by atoms with Crippen LogP contribution in [-0.2, 0) is 29.1 Å². The average Bonchev–Trinajstić information content (AvgIpc) is 3.48. The molecule has 0 aliphatic heterocycles. The Bertz CT molecular complexity index is 1290. The van der Waals surface area contributed by atoms with E-state index in [0.717, 1.165) is 27.9 Å². The summed E-state index contributed by atoms with van der Waals surface area (Å²) in [4.78, 5) is 30.2. The number of thiophene rings is 1. The number of nitrogens with one attached hydrogen (secondary N) is 1. The molecular weight excluding hydrogens is 458 g/mol. The van der Waals surface area contributed by atoms with Crippen molar-refractivity contribution in [2.45, 2.75) is 58.8 Å². The molecule has 0 unspecified atom stereocenters. The highest BCUT2D eigenvalue weighted by Crippen LogP contribution is 2.27. The van der Waals surface area contributed by atoms with Crippen LogP contribution >= 0.6 is 11.3 Å². The van der Waals surface area contributed by atoms with Gasteiger partial charge in [0.25, 0.3) is 0 Å². The van der Waals surface area contributed by atoms with Gasteiger partial charge in [0.1, 0.15) is 18.1 Å². The number of carbonyl (C=O) groups is 2. The van der Waals surface area contributed by atoms with Crippen molar-refractivity contribution in [1.29, 1.82) is 0 Å². The van der Waals surface area contributed by atoms with Gasteiger partial charge in [-0.2, -0.15) is 0 Å². The Morgan fingerprint density at radius 1 is 1.06 bits per heavy atom. The molecule has 2 amide bonds. The first kappa shape index (κ1) is 24.6. The maximum Gasteiger partial charge on any atom is 0.247 e. The summed E-state index contributed by atoms with van der Waals surface area (Å²) in [5.41, 5.74) is 3.01. The van der Waals surface area contributed by atoms with Crippen molar-refractivity contribution in [3.63, 3.8) is 0 Å². The van der Waals surface area contributed by atoms with Crippen LogP contribution < -0.4 is 5.32 Å². The molecule has 2 aromatic carbocycles. The Morgan fingerprint density at radius 2 is 1.80 bits per heavy atom. The third-order valence-electron chi connectivity index (χ3n) is 5.69. The first-order valence-corrected chi connectivity index (χ1v) is 12.6. The molecular formula is C27H31N5O2S. The van der Waals surface area contributed by atoms with Gasteiger partial charge in [-0.1, -0.05) is 54.6 Å². The van der Waals surface area contributed by atoms with Crippen LogP contribution in [0.4, 0.5) is 0 Å². The lowest BCUT2D eigenvalue weighted by molar-refractivity contribution is -0.142.